The van der Waals surface area contributed by atoms with Crippen LogP contribution in [0.15, 0.2) is 35.3 Å². The van der Waals surface area contributed by atoms with Crippen molar-refractivity contribution in [1.82, 2.24) is 5.32 Å². The maximum atomic E-state index is 11.7. The van der Waals surface area contributed by atoms with Crippen LogP contribution < -0.4 is 10.6 Å². The summed E-state index contributed by atoms with van der Waals surface area (Å²) in [5.74, 6) is -1.10. The van der Waals surface area contributed by atoms with Crippen LogP contribution in [0.1, 0.15) is 12.0 Å². The lowest BCUT2D eigenvalue weighted by Gasteiger charge is -2.14. The number of carbonyl (C=O) groups excluding carboxylic acids is 1. The van der Waals surface area contributed by atoms with E-state index in [4.69, 9.17) is 5.11 Å². The van der Waals surface area contributed by atoms with Gasteiger partial charge in [0.05, 0.1) is 0 Å². The van der Waals surface area contributed by atoms with Gasteiger partial charge in [0.2, 0.25) is 0 Å². The van der Waals surface area contributed by atoms with Crippen molar-refractivity contribution < 1.29 is 14.7 Å². The second kappa shape index (κ2) is 6.94. The van der Waals surface area contributed by atoms with E-state index in [1.807, 2.05) is 13.0 Å². The normalized spacial score (nSPS) is 11.5. The SMILES string of the molecule is C=CCC(NC(=O)Nc1cccc(Br)c1C)C(=O)O. The first-order valence-corrected chi connectivity index (χ1v) is 6.41. The first-order valence-electron chi connectivity index (χ1n) is 5.62. The van der Waals surface area contributed by atoms with Crippen LogP contribution >= 0.6 is 15.9 Å². The van der Waals surface area contributed by atoms with Crippen molar-refractivity contribution in [3.8, 4) is 0 Å². The molecule has 0 aliphatic heterocycles. The van der Waals surface area contributed by atoms with Gasteiger partial charge < -0.3 is 15.7 Å². The Hall–Kier alpha value is -1.82. The zero-order chi connectivity index (χ0) is 14.4. The first-order chi connectivity index (χ1) is 8.95. The van der Waals surface area contributed by atoms with Crippen LogP contribution in [0.2, 0.25) is 0 Å². The van der Waals surface area contributed by atoms with Gasteiger partial charge in [0.25, 0.3) is 0 Å². The van der Waals surface area contributed by atoms with Gasteiger partial charge in [0, 0.05) is 10.2 Å². The summed E-state index contributed by atoms with van der Waals surface area (Å²) in [5.41, 5.74) is 1.49. The number of aliphatic carboxylic acids is 1. The molecule has 6 heteroatoms. The molecule has 1 aromatic carbocycles. The van der Waals surface area contributed by atoms with E-state index in [0.717, 1.165) is 10.0 Å². The van der Waals surface area contributed by atoms with E-state index in [0.29, 0.717) is 5.69 Å². The molecule has 19 heavy (non-hydrogen) atoms. The van der Waals surface area contributed by atoms with Crippen LogP contribution in [0.25, 0.3) is 0 Å². The fourth-order valence-corrected chi connectivity index (χ4v) is 1.81. The van der Waals surface area contributed by atoms with E-state index >= 15 is 0 Å². The quantitative estimate of drug-likeness (QED) is 0.728. The Morgan fingerprint density at radius 2 is 2.21 bits per heavy atom. The minimum atomic E-state index is -1.10. The lowest BCUT2D eigenvalue weighted by atomic mass is 10.2. The number of rotatable bonds is 5. The van der Waals surface area contributed by atoms with Gasteiger partial charge in [-0.1, -0.05) is 28.1 Å². The van der Waals surface area contributed by atoms with Gasteiger partial charge in [-0.15, -0.1) is 6.58 Å². The van der Waals surface area contributed by atoms with E-state index in [2.05, 4.69) is 33.1 Å². The predicted octanol–water partition coefficient (Wildman–Crippen LogP) is 2.91. The van der Waals surface area contributed by atoms with E-state index in [9.17, 15) is 9.59 Å². The van der Waals surface area contributed by atoms with Crippen LogP contribution in [-0.4, -0.2) is 23.1 Å². The second-order valence-electron chi connectivity index (χ2n) is 3.93. The van der Waals surface area contributed by atoms with Gasteiger partial charge in [-0.3, -0.25) is 0 Å². The molecular weight excluding hydrogens is 312 g/mol. The van der Waals surface area contributed by atoms with E-state index in [-0.39, 0.29) is 6.42 Å². The summed E-state index contributed by atoms with van der Waals surface area (Å²) in [7, 11) is 0. The third kappa shape index (κ3) is 4.40. The van der Waals surface area contributed by atoms with Crippen LogP contribution in [0.4, 0.5) is 10.5 Å². The standard InChI is InChI=1S/C13H15BrN2O3/c1-3-5-11(12(17)18)16-13(19)15-10-7-4-6-9(14)8(10)2/h3-4,6-7,11H,1,5H2,2H3,(H,17,18)(H2,15,16,19). The third-order valence-corrected chi connectivity index (χ3v) is 3.38. The molecule has 102 valence electrons. The highest BCUT2D eigenvalue weighted by Crippen LogP contribution is 2.23. The smallest absolute Gasteiger partial charge is 0.326 e. The number of benzene rings is 1. The lowest BCUT2D eigenvalue weighted by Crippen LogP contribution is -2.42. The molecule has 1 rings (SSSR count). The highest BCUT2D eigenvalue weighted by molar-refractivity contribution is 9.10. The minimum Gasteiger partial charge on any atom is -0.480 e. The predicted molar refractivity (Wildman–Crippen MR) is 77.3 cm³/mol. The largest absolute Gasteiger partial charge is 0.480 e. The third-order valence-electron chi connectivity index (χ3n) is 2.52. The van der Waals surface area contributed by atoms with Gasteiger partial charge in [-0.25, -0.2) is 9.59 Å². The number of hydrogen-bond acceptors (Lipinski definition) is 2. The molecule has 0 fully saturated rings. The summed E-state index contributed by atoms with van der Waals surface area (Å²) in [6.07, 6.45) is 1.61. The van der Waals surface area contributed by atoms with E-state index in [1.165, 1.54) is 6.08 Å². The molecule has 0 aliphatic rings. The fraction of sp³-hybridized carbons (Fsp3) is 0.231. The Morgan fingerprint density at radius 1 is 1.53 bits per heavy atom. The number of halogens is 1. The summed E-state index contributed by atoms with van der Waals surface area (Å²) >= 11 is 3.36. The Labute approximate surface area is 119 Å². The molecular formula is C13H15BrN2O3. The van der Waals surface area contributed by atoms with Crippen molar-refractivity contribution in [2.45, 2.75) is 19.4 Å². The van der Waals surface area contributed by atoms with Gasteiger partial charge in [0.1, 0.15) is 6.04 Å². The number of carboxylic acids is 1. The molecule has 0 saturated heterocycles. The number of anilines is 1. The maximum absolute atomic E-state index is 11.7. The number of amides is 2. The summed E-state index contributed by atoms with van der Waals surface area (Å²) in [6.45, 7) is 5.30. The monoisotopic (exact) mass is 326 g/mol. The number of nitrogens with one attached hydrogen (secondary N) is 2. The van der Waals surface area contributed by atoms with Crippen LogP contribution in [0.3, 0.4) is 0 Å². The molecule has 0 aromatic heterocycles. The molecule has 1 aromatic rings. The molecule has 0 aliphatic carbocycles. The van der Waals surface area contributed by atoms with Crippen LogP contribution in [0, 0.1) is 6.92 Å². The van der Waals surface area contributed by atoms with Crippen molar-refractivity contribution in [2.24, 2.45) is 0 Å². The number of carbonyl (C=O) groups is 2. The molecule has 5 nitrogen and oxygen atoms in total. The number of carboxylic acid groups (broad SMARTS) is 1. The second-order valence-corrected chi connectivity index (χ2v) is 4.78. The maximum Gasteiger partial charge on any atom is 0.326 e. The molecule has 0 spiro atoms. The minimum absolute atomic E-state index is 0.167. The summed E-state index contributed by atoms with van der Waals surface area (Å²) in [6, 6.07) is 3.84. The Bertz CT molecular complexity index is 503. The van der Waals surface area contributed by atoms with Crippen LogP contribution in [-0.2, 0) is 4.79 Å². The van der Waals surface area contributed by atoms with Gasteiger partial charge in [-0.2, -0.15) is 0 Å². The molecule has 3 N–H and O–H groups in total. The Morgan fingerprint density at radius 3 is 2.79 bits per heavy atom. The highest BCUT2D eigenvalue weighted by atomic mass is 79.9. The average Bonchev–Trinajstić information content (AvgIpc) is 2.34. The van der Waals surface area contributed by atoms with Gasteiger partial charge in [-0.05, 0) is 31.0 Å². The zero-order valence-corrected chi connectivity index (χ0v) is 12.0. The summed E-state index contributed by atoms with van der Waals surface area (Å²) < 4.78 is 0.867. The molecule has 0 heterocycles. The zero-order valence-electron chi connectivity index (χ0n) is 10.4. The molecule has 1 unspecified atom stereocenters. The van der Waals surface area contributed by atoms with Crippen molar-refractivity contribution in [3.63, 3.8) is 0 Å². The van der Waals surface area contributed by atoms with Gasteiger partial charge in [0.15, 0.2) is 0 Å². The molecule has 0 bridgehead atoms. The number of urea groups is 1. The molecule has 2 amide bonds. The van der Waals surface area contributed by atoms with Crippen molar-refractivity contribution in [1.29, 1.82) is 0 Å². The van der Waals surface area contributed by atoms with E-state index < -0.39 is 18.0 Å². The van der Waals surface area contributed by atoms with Gasteiger partial charge >= 0.3 is 12.0 Å². The molecule has 1 atom stereocenters. The average molecular weight is 327 g/mol. The molecule has 0 saturated carbocycles. The first kappa shape index (κ1) is 15.2. The Balaban J connectivity index is 2.71. The molecule has 0 radical (unpaired) electrons. The van der Waals surface area contributed by atoms with Crippen LogP contribution in [0.5, 0.6) is 0 Å². The Kier molecular flexibility index (Phi) is 5.57. The summed E-state index contributed by atoms with van der Waals surface area (Å²) in [4.78, 5) is 22.6. The van der Waals surface area contributed by atoms with E-state index in [1.54, 1.807) is 12.1 Å². The topological polar surface area (TPSA) is 78.4 Å². The van der Waals surface area contributed by atoms with Crippen molar-refractivity contribution in [2.75, 3.05) is 5.32 Å². The highest BCUT2D eigenvalue weighted by Gasteiger charge is 2.18. The van der Waals surface area contributed by atoms with Crippen molar-refractivity contribution in [3.05, 3.63) is 40.9 Å². The summed E-state index contributed by atoms with van der Waals surface area (Å²) in [5, 5.41) is 13.9. The van der Waals surface area contributed by atoms with Crippen molar-refractivity contribution >= 4 is 33.6 Å². The number of hydrogen-bond donors (Lipinski definition) is 3. The fourth-order valence-electron chi connectivity index (χ4n) is 1.45. The lowest BCUT2D eigenvalue weighted by molar-refractivity contribution is -0.139.